The fraction of sp³-hybridized carbons (Fsp3) is 0.533. The van der Waals surface area contributed by atoms with Gasteiger partial charge in [-0.15, -0.1) is 0 Å². The molecule has 0 unspecified atom stereocenters. The van der Waals surface area contributed by atoms with E-state index in [0.717, 1.165) is 25.9 Å². The minimum atomic E-state index is -3.50. The molecule has 0 atom stereocenters. The third-order valence-corrected chi connectivity index (χ3v) is 5.41. The zero-order chi connectivity index (χ0) is 15.5. The van der Waals surface area contributed by atoms with E-state index in [-0.39, 0.29) is 10.9 Å². The van der Waals surface area contributed by atoms with E-state index in [4.69, 9.17) is 5.26 Å². The van der Waals surface area contributed by atoms with Gasteiger partial charge >= 0.3 is 0 Å². The second-order valence-corrected chi connectivity index (χ2v) is 7.38. The highest BCUT2D eigenvalue weighted by Crippen LogP contribution is 2.16. The normalized spacial score (nSPS) is 17.8. The summed E-state index contributed by atoms with van der Waals surface area (Å²) in [7, 11) is -3.50. The van der Waals surface area contributed by atoms with Gasteiger partial charge in [-0.3, -0.25) is 0 Å². The fourth-order valence-corrected chi connectivity index (χ4v) is 3.83. The maximum absolute atomic E-state index is 12.3. The summed E-state index contributed by atoms with van der Waals surface area (Å²) >= 11 is 0. The van der Waals surface area contributed by atoms with E-state index in [9.17, 15) is 8.42 Å². The Labute approximate surface area is 126 Å². The number of nitrogens with zero attached hydrogens (tertiary/aromatic N) is 2. The summed E-state index contributed by atoms with van der Waals surface area (Å²) in [5, 5.41) is 8.74. The second kappa shape index (κ2) is 6.56. The fourth-order valence-electron chi connectivity index (χ4n) is 2.53. The van der Waals surface area contributed by atoms with Crippen molar-refractivity contribution in [2.75, 3.05) is 13.1 Å². The van der Waals surface area contributed by atoms with Gasteiger partial charge in [0.2, 0.25) is 10.0 Å². The first kappa shape index (κ1) is 16.0. The minimum absolute atomic E-state index is 0.0133. The molecular formula is C15H21N3O2S. The van der Waals surface area contributed by atoms with Gasteiger partial charge in [-0.25, -0.2) is 13.1 Å². The zero-order valence-corrected chi connectivity index (χ0v) is 13.2. The van der Waals surface area contributed by atoms with Gasteiger partial charge in [-0.2, -0.15) is 5.26 Å². The molecule has 6 heteroatoms. The van der Waals surface area contributed by atoms with Gasteiger partial charge < -0.3 is 4.90 Å². The Balaban J connectivity index is 2.00. The second-order valence-electron chi connectivity index (χ2n) is 5.66. The number of piperidine rings is 1. The van der Waals surface area contributed by atoms with Crippen LogP contribution in [0.5, 0.6) is 0 Å². The van der Waals surface area contributed by atoms with Crippen molar-refractivity contribution in [1.29, 1.82) is 5.26 Å². The van der Waals surface area contributed by atoms with Gasteiger partial charge in [0.25, 0.3) is 0 Å². The average Bonchev–Trinajstić information content (AvgIpc) is 2.47. The molecule has 5 nitrogen and oxygen atoms in total. The summed E-state index contributed by atoms with van der Waals surface area (Å²) in [6, 6.07) is 8.47. The van der Waals surface area contributed by atoms with Crippen molar-refractivity contribution < 1.29 is 8.42 Å². The van der Waals surface area contributed by atoms with Crippen molar-refractivity contribution in [3.05, 3.63) is 29.8 Å². The molecule has 114 valence electrons. The molecule has 1 fully saturated rings. The van der Waals surface area contributed by atoms with E-state index < -0.39 is 10.0 Å². The Morgan fingerprint density at radius 1 is 1.24 bits per heavy atom. The average molecular weight is 307 g/mol. The van der Waals surface area contributed by atoms with Crippen LogP contribution in [0, 0.1) is 11.3 Å². The summed E-state index contributed by atoms with van der Waals surface area (Å²) in [4.78, 5) is 2.57. The first-order valence-electron chi connectivity index (χ1n) is 7.19. The number of nitriles is 1. The zero-order valence-electron chi connectivity index (χ0n) is 12.4. The lowest BCUT2D eigenvalue weighted by atomic mass is 10.1. The van der Waals surface area contributed by atoms with Crippen molar-refractivity contribution in [2.45, 2.75) is 43.7 Å². The summed E-state index contributed by atoms with van der Waals surface area (Å²) < 4.78 is 27.4. The van der Waals surface area contributed by atoms with Crippen LogP contribution in [0.25, 0.3) is 0 Å². The van der Waals surface area contributed by atoms with Gasteiger partial charge in [0.15, 0.2) is 0 Å². The first-order chi connectivity index (χ1) is 9.92. The molecule has 0 aliphatic carbocycles. The van der Waals surface area contributed by atoms with Crippen LogP contribution in [0.2, 0.25) is 0 Å². The van der Waals surface area contributed by atoms with Crippen LogP contribution in [-0.2, 0) is 10.0 Å². The summed E-state index contributed by atoms with van der Waals surface area (Å²) in [5.41, 5.74) is 0.458. The Kier molecular flexibility index (Phi) is 4.99. The van der Waals surface area contributed by atoms with Crippen LogP contribution in [0.1, 0.15) is 32.3 Å². The van der Waals surface area contributed by atoms with E-state index >= 15 is 0 Å². The molecule has 0 bridgehead atoms. The van der Waals surface area contributed by atoms with Crippen LogP contribution in [0.15, 0.2) is 29.2 Å². The molecule has 1 aromatic rings. The summed E-state index contributed by atoms with van der Waals surface area (Å²) in [6.45, 7) is 6.14. The standard InChI is InChI=1S/C15H21N3O2S/c1-12(2)18-9-7-14(8-10-18)17-21(19,20)15-5-3-13(11-16)4-6-15/h3-6,12,14,17H,7-10H2,1-2H3. The molecule has 0 radical (unpaired) electrons. The quantitative estimate of drug-likeness (QED) is 0.919. The molecule has 21 heavy (non-hydrogen) atoms. The number of hydrogen-bond acceptors (Lipinski definition) is 4. The minimum Gasteiger partial charge on any atom is -0.301 e. The number of rotatable bonds is 4. The molecule has 0 saturated carbocycles. The molecule has 1 saturated heterocycles. The van der Waals surface area contributed by atoms with Gasteiger partial charge in [0, 0.05) is 12.1 Å². The smallest absolute Gasteiger partial charge is 0.240 e. The van der Waals surface area contributed by atoms with E-state index in [1.54, 1.807) is 0 Å². The monoisotopic (exact) mass is 307 g/mol. The number of likely N-dealkylation sites (tertiary alicyclic amines) is 1. The van der Waals surface area contributed by atoms with Gasteiger partial charge in [0.1, 0.15) is 0 Å². The van der Waals surface area contributed by atoms with Crippen LogP contribution >= 0.6 is 0 Å². The number of hydrogen-bond donors (Lipinski definition) is 1. The van der Waals surface area contributed by atoms with Crippen molar-refractivity contribution in [3.63, 3.8) is 0 Å². The van der Waals surface area contributed by atoms with E-state index in [2.05, 4.69) is 23.5 Å². The molecule has 0 spiro atoms. The maximum Gasteiger partial charge on any atom is 0.240 e. The summed E-state index contributed by atoms with van der Waals surface area (Å²) in [6.07, 6.45) is 1.65. The van der Waals surface area contributed by atoms with Crippen LogP contribution in [0.4, 0.5) is 0 Å². The van der Waals surface area contributed by atoms with Gasteiger partial charge in [0.05, 0.1) is 16.5 Å². The molecule has 0 amide bonds. The third-order valence-electron chi connectivity index (χ3n) is 3.88. The molecule has 1 aliphatic heterocycles. The van der Waals surface area contributed by atoms with E-state index in [1.165, 1.54) is 24.3 Å². The lowest BCUT2D eigenvalue weighted by Crippen LogP contribution is -2.46. The Morgan fingerprint density at radius 2 is 1.81 bits per heavy atom. The number of nitrogens with one attached hydrogen (secondary N) is 1. The van der Waals surface area contributed by atoms with Crippen LogP contribution < -0.4 is 4.72 Å². The summed E-state index contributed by atoms with van der Waals surface area (Å²) in [5.74, 6) is 0. The molecule has 1 aromatic carbocycles. The van der Waals surface area contributed by atoms with Gasteiger partial charge in [-0.05, 0) is 64.0 Å². The predicted octanol–water partition coefficient (Wildman–Crippen LogP) is 1.71. The van der Waals surface area contributed by atoms with Crippen molar-refractivity contribution in [2.24, 2.45) is 0 Å². The lowest BCUT2D eigenvalue weighted by molar-refractivity contribution is 0.168. The van der Waals surface area contributed by atoms with Gasteiger partial charge in [-0.1, -0.05) is 0 Å². The molecule has 0 aromatic heterocycles. The topological polar surface area (TPSA) is 73.2 Å². The van der Waals surface area contributed by atoms with Crippen LogP contribution in [0.3, 0.4) is 0 Å². The lowest BCUT2D eigenvalue weighted by Gasteiger charge is -2.34. The molecule has 1 heterocycles. The molecule has 1 N–H and O–H groups in total. The van der Waals surface area contributed by atoms with Crippen molar-refractivity contribution in [1.82, 2.24) is 9.62 Å². The first-order valence-corrected chi connectivity index (χ1v) is 8.67. The molecule has 2 rings (SSSR count). The highest BCUT2D eigenvalue weighted by Gasteiger charge is 2.25. The third kappa shape index (κ3) is 4.03. The van der Waals surface area contributed by atoms with E-state index in [1.807, 2.05) is 6.07 Å². The maximum atomic E-state index is 12.3. The molecule has 1 aliphatic rings. The predicted molar refractivity (Wildman–Crippen MR) is 81.2 cm³/mol. The SMILES string of the molecule is CC(C)N1CCC(NS(=O)(=O)c2ccc(C#N)cc2)CC1. The van der Waals surface area contributed by atoms with Crippen molar-refractivity contribution >= 4 is 10.0 Å². The van der Waals surface area contributed by atoms with Crippen LogP contribution in [-0.4, -0.2) is 38.5 Å². The Hall–Kier alpha value is -1.42. The van der Waals surface area contributed by atoms with Crippen molar-refractivity contribution in [3.8, 4) is 6.07 Å². The van der Waals surface area contributed by atoms with E-state index in [0.29, 0.717) is 11.6 Å². The Morgan fingerprint density at radius 3 is 2.29 bits per heavy atom. The molecular weight excluding hydrogens is 286 g/mol. The Bertz CT molecular complexity index is 609. The number of benzene rings is 1. The highest BCUT2D eigenvalue weighted by atomic mass is 32.2. The number of sulfonamides is 1. The highest BCUT2D eigenvalue weighted by molar-refractivity contribution is 7.89. The largest absolute Gasteiger partial charge is 0.301 e.